The molecule has 0 spiro atoms. The normalized spacial score (nSPS) is 13.6. The summed E-state index contributed by atoms with van der Waals surface area (Å²) in [6, 6.07) is 6.79. The van der Waals surface area contributed by atoms with Gasteiger partial charge in [-0.2, -0.15) is 4.98 Å². The molecule has 160 valence electrons. The molecular formula is C22H25BN4O4. The second-order valence-electron chi connectivity index (χ2n) is 7.78. The summed E-state index contributed by atoms with van der Waals surface area (Å²) < 4.78 is 6.63. The number of aromatic nitrogens is 4. The van der Waals surface area contributed by atoms with E-state index in [1.54, 1.807) is 13.1 Å². The molecule has 0 aliphatic rings. The van der Waals surface area contributed by atoms with Crippen LogP contribution in [0.15, 0.2) is 47.7 Å². The lowest BCUT2D eigenvalue weighted by Crippen LogP contribution is -2.40. The highest BCUT2D eigenvalue weighted by Crippen LogP contribution is 2.29. The van der Waals surface area contributed by atoms with E-state index in [0.29, 0.717) is 34.0 Å². The number of nitrogens with zero attached hydrogens (tertiary/aromatic N) is 4. The second-order valence-corrected chi connectivity index (χ2v) is 7.78. The van der Waals surface area contributed by atoms with Gasteiger partial charge in [0.1, 0.15) is 5.82 Å². The molecule has 0 saturated carbocycles. The molecular weight excluding hydrogens is 395 g/mol. The molecule has 9 heteroatoms. The Morgan fingerprint density at radius 3 is 2.52 bits per heavy atom. The fourth-order valence-corrected chi connectivity index (χ4v) is 3.07. The van der Waals surface area contributed by atoms with Gasteiger partial charge in [-0.25, -0.2) is 4.98 Å². The fraction of sp³-hybridized carbons (Fsp3) is 0.364. The molecule has 2 radical (unpaired) electrons. The minimum Gasteiger partial charge on any atom is -0.477 e. The Kier molecular flexibility index (Phi) is 6.57. The van der Waals surface area contributed by atoms with Gasteiger partial charge in [-0.05, 0) is 43.0 Å². The largest absolute Gasteiger partial charge is 0.477 e. The summed E-state index contributed by atoms with van der Waals surface area (Å²) in [5.74, 6) is -1.60. The Bertz CT molecular complexity index is 1110. The van der Waals surface area contributed by atoms with Crippen molar-refractivity contribution >= 4 is 7.85 Å². The van der Waals surface area contributed by atoms with Crippen molar-refractivity contribution in [3.63, 3.8) is 0 Å². The molecule has 3 rings (SSSR count). The maximum absolute atomic E-state index is 12.2. The lowest BCUT2D eigenvalue weighted by molar-refractivity contribution is -0.154. The summed E-state index contributed by atoms with van der Waals surface area (Å²) in [5, 5.41) is 18.9. The number of hydrogen-bond acceptors (Lipinski definition) is 7. The first kappa shape index (κ1) is 22.6. The SMILES string of the molecule is [B]C(O)(O)n1ccc(-c2cnc(C)nc2OCC(C)[C@H](C)c2ccc(C)cn2)cc1=O. The molecule has 0 fully saturated rings. The Morgan fingerprint density at radius 2 is 1.90 bits per heavy atom. The molecule has 0 bridgehead atoms. The standard InChI is InChI=1S/C22H25BN4O4/c1-13-5-6-19(25-10-13)15(3)14(2)12-31-21-18(11-24-16(4)26-21)17-7-8-27(20(28)9-17)22(23,29)30/h5-11,14-15,29-30H,12H2,1-4H3/t14?,15-/m0/s1. The predicted octanol–water partition coefficient (Wildman–Crippen LogP) is 1.86. The van der Waals surface area contributed by atoms with Gasteiger partial charge in [0, 0.05) is 36.3 Å². The van der Waals surface area contributed by atoms with Gasteiger partial charge in [0.05, 0.1) is 12.2 Å². The van der Waals surface area contributed by atoms with Crippen LogP contribution in [-0.2, 0) is 5.81 Å². The first-order valence-electron chi connectivity index (χ1n) is 9.92. The van der Waals surface area contributed by atoms with Crippen LogP contribution in [-0.4, -0.2) is 44.2 Å². The number of pyridine rings is 2. The smallest absolute Gasteiger partial charge is 0.254 e. The van der Waals surface area contributed by atoms with Gasteiger partial charge in [-0.3, -0.25) is 14.3 Å². The topological polar surface area (TPSA) is 110 Å². The van der Waals surface area contributed by atoms with Gasteiger partial charge in [-0.15, -0.1) is 0 Å². The van der Waals surface area contributed by atoms with Crippen LogP contribution >= 0.6 is 0 Å². The lowest BCUT2D eigenvalue weighted by atomic mass is 9.93. The summed E-state index contributed by atoms with van der Waals surface area (Å²) >= 11 is 0. The zero-order chi connectivity index (χ0) is 22.8. The second kappa shape index (κ2) is 8.99. The molecule has 0 aromatic carbocycles. The highest BCUT2D eigenvalue weighted by Gasteiger charge is 2.21. The van der Waals surface area contributed by atoms with Crippen LogP contribution in [0.2, 0.25) is 0 Å². The average molecular weight is 420 g/mol. The number of ether oxygens (including phenoxy) is 1. The van der Waals surface area contributed by atoms with Gasteiger partial charge in [-0.1, -0.05) is 19.9 Å². The molecule has 3 aromatic heterocycles. The van der Waals surface area contributed by atoms with Gasteiger partial charge in [0.2, 0.25) is 5.88 Å². The molecule has 2 N–H and O–H groups in total. The van der Waals surface area contributed by atoms with E-state index in [4.69, 9.17) is 12.6 Å². The lowest BCUT2D eigenvalue weighted by Gasteiger charge is -2.21. The number of hydrogen-bond donors (Lipinski definition) is 2. The van der Waals surface area contributed by atoms with E-state index in [1.807, 2.05) is 25.3 Å². The van der Waals surface area contributed by atoms with E-state index in [2.05, 4.69) is 28.8 Å². The Hall–Kier alpha value is -3.04. The molecule has 2 atom stereocenters. The summed E-state index contributed by atoms with van der Waals surface area (Å²) in [5.41, 5.74) is 2.40. The molecule has 0 amide bonds. The van der Waals surface area contributed by atoms with E-state index in [9.17, 15) is 15.0 Å². The molecule has 1 unspecified atom stereocenters. The zero-order valence-electron chi connectivity index (χ0n) is 18.0. The van der Waals surface area contributed by atoms with Crippen molar-refractivity contribution in [1.29, 1.82) is 0 Å². The molecule has 8 nitrogen and oxygen atoms in total. The fourth-order valence-electron chi connectivity index (χ4n) is 3.07. The van der Waals surface area contributed by atoms with Crippen molar-refractivity contribution in [2.45, 2.75) is 39.4 Å². The van der Waals surface area contributed by atoms with Crippen LogP contribution in [0.1, 0.15) is 36.8 Å². The Labute approximate surface area is 182 Å². The quantitative estimate of drug-likeness (QED) is 0.443. The van der Waals surface area contributed by atoms with E-state index in [-0.39, 0.29) is 11.8 Å². The predicted molar refractivity (Wildman–Crippen MR) is 117 cm³/mol. The van der Waals surface area contributed by atoms with Crippen LogP contribution < -0.4 is 10.3 Å². The molecule has 0 saturated heterocycles. The van der Waals surface area contributed by atoms with Crippen molar-refractivity contribution in [2.75, 3.05) is 6.61 Å². The van der Waals surface area contributed by atoms with Crippen LogP contribution in [0.4, 0.5) is 0 Å². The van der Waals surface area contributed by atoms with E-state index < -0.39 is 11.4 Å². The van der Waals surface area contributed by atoms with Crippen molar-refractivity contribution in [3.8, 4) is 17.0 Å². The summed E-state index contributed by atoms with van der Waals surface area (Å²) in [4.78, 5) is 25.3. The molecule has 0 aliphatic heterocycles. The average Bonchev–Trinajstić information content (AvgIpc) is 2.71. The van der Waals surface area contributed by atoms with Gasteiger partial charge in [0.25, 0.3) is 5.56 Å². The summed E-state index contributed by atoms with van der Waals surface area (Å²) in [6.45, 7) is 8.30. The summed E-state index contributed by atoms with van der Waals surface area (Å²) in [7, 11) is 5.18. The third kappa shape index (κ3) is 5.37. The maximum Gasteiger partial charge on any atom is 0.254 e. The molecule has 31 heavy (non-hydrogen) atoms. The molecule has 3 aromatic rings. The van der Waals surface area contributed by atoms with Crippen molar-refractivity contribution in [3.05, 3.63) is 70.3 Å². The van der Waals surface area contributed by atoms with Crippen LogP contribution in [0, 0.1) is 19.8 Å². The van der Waals surface area contributed by atoms with Gasteiger partial charge >= 0.3 is 0 Å². The third-order valence-electron chi connectivity index (χ3n) is 5.20. The first-order valence-corrected chi connectivity index (χ1v) is 9.92. The van der Waals surface area contributed by atoms with Gasteiger partial charge in [0.15, 0.2) is 13.7 Å². The van der Waals surface area contributed by atoms with Crippen molar-refractivity contribution in [1.82, 2.24) is 19.5 Å². The highest BCUT2D eigenvalue weighted by molar-refractivity contribution is 6.11. The minimum atomic E-state index is -2.78. The minimum absolute atomic E-state index is 0.146. The maximum atomic E-state index is 12.2. The van der Waals surface area contributed by atoms with Crippen molar-refractivity contribution in [2.24, 2.45) is 5.92 Å². The first-order chi connectivity index (χ1) is 14.6. The third-order valence-corrected chi connectivity index (χ3v) is 5.20. The van der Waals surface area contributed by atoms with E-state index in [0.717, 1.165) is 11.3 Å². The van der Waals surface area contributed by atoms with Crippen LogP contribution in [0.3, 0.4) is 0 Å². The van der Waals surface area contributed by atoms with Crippen LogP contribution in [0.25, 0.3) is 11.1 Å². The number of aliphatic hydroxyl groups is 2. The van der Waals surface area contributed by atoms with E-state index >= 15 is 0 Å². The van der Waals surface area contributed by atoms with Crippen LogP contribution in [0.5, 0.6) is 5.88 Å². The molecule has 0 aliphatic carbocycles. The highest BCUT2D eigenvalue weighted by atomic mass is 16.5. The monoisotopic (exact) mass is 420 g/mol. The van der Waals surface area contributed by atoms with Gasteiger partial charge < -0.3 is 14.9 Å². The number of rotatable bonds is 7. The Balaban J connectivity index is 1.83. The van der Waals surface area contributed by atoms with Crippen molar-refractivity contribution < 1.29 is 14.9 Å². The summed E-state index contributed by atoms with van der Waals surface area (Å²) in [6.07, 6.45) is 4.61. The Morgan fingerprint density at radius 1 is 1.16 bits per heavy atom. The molecule has 3 heterocycles. The number of aryl methyl sites for hydroxylation is 2. The van der Waals surface area contributed by atoms with E-state index in [1.165, 1.54) is 18.3 Å². The zero-order valence-corrected chi connectivity index (χ0v) is 18.0.